The molecule has 0 rings (SSSR count). The number of nitrogens with one attached hydrogen (secondary N) is 1. The van der Waals surface area contributed by atoms with Gasteiger partial charge >= 0.3 is 5.97 Å². The second-order valence-electron chi connectivity index (χ2n) is 3.18. The lowest BCUT2D eigenvalue weighted by Crippen LogP contribution is -2.46. The van der Waals surface area contributed by atoms with Gasteiger partial charge in [-0.1, -0.05) is 13.8 Å². The molecule has 0 heterocycles. The van der Waals surface area contributed by atoms with Gasteiger partial charge in [0.05, 0.1) is 0 Å². The normalized spacial score (nSPS) is 15.2. The van der Waals surface area contributed by atoms with Crippen molar-refractivity contribution < 1.29 is 14.7 Å². The van der Waals surface area contributed by atoms with E-state index in [4.69, 9.17) is 16.7 Å². The molecule has 1 amide bonds. The Hall–Kier alpha value is -0.770. The number of carbonyl (C=O) groups is 2. The van der Waals surface area contributed by atoms with Crippen LogP contribution in [0.2, 0.25) is 0 Å². The Labute approximate surface area is 82.3 Å². The summed E-state index contributed by atoms with van der Waals surface area (Å²) in [4.78, 5) is 21.7. The zero-order chi connectivity index (χ0) is 10.6. The molecule has 0 radical (unpaired) electrons. The van der Waals surface area contributed by atoms with Crippen molar-refractivity contribution in [1.29, 1.82) is 0 Å². The van der Waals surface area contributed by atoms with Gasteiger partial charge in [0.25, 0.3) is 0 Å². The number of carbonyl (C=O) groups excluding carboxylic acids is 1. The summed E-state index contributed by atoms with van der Waals surface area (Å²) in [7, 11) is 0. The average molecular weight is 208 g/mol. The standard InChI is InChI=1S/C8H14ClNO3/c1-4(2)6(8(12)13)10-7(11)5(3)9/h4-6H,1-3H3,(H,10,11)(H,12,13). The lowest BCUT2D eigenvalue weighted by atomic mass is 10.0. The maximum atomic E-state index is 11.1. The van der Waals surface area contributed by atoms with E-state index in [9.17, 15) is 9.59 Å². The van der Waals surface area contributed by atoms with Crippen molar-refractivity contribution in [2.75, 3.05) is 0 Å². The van der Waals surface area contributed by atoms with Crippen molar-refractivity contribution in [3.8, 4) is 0 Å². The van der Waals surface area contributed by atoms with E-state index < -0.39 is 23.3 Å². The van der Waals surface area contributed by atoms with E-state index in [0.717, 1.165) is 0 Å². The molecule has 4 nitrogen and oxygen atoms in total. The third-order valence-electron chi connectivity index (χ3n) is 1.59. The van der Waals surface area contributed by atoms with E-state index in [2.05, 4.69) is 5.32 Å². The smallest absolute Gasteiger partial charge is 0.326 e. The van der Waals surface area contributed by atoms with E-state index in [1.165, 1.54) is 6.92 Å². The number of carboxylic acids is 1. The van der Waals surface area contributed by atoms with Crippen molar-refractivity contribution in [2.24, 2.45) is 5.92 Å². The van der Waals surface area contributed by atoms with Crippen LogP contribution in [0.5, 0.6) is 0 Å². The maximum absolute atomic E-state index is 11.1. The number of amides is 1. The van der Waals surface area contributed by atoms with E-state index in [-0.39, 0.29) is 5.92 Å². The molecule has 2 atom stereocenters. The van der Waals surface area contributed by atoms with Crippen LogP contribution < -0.4 is 5.32 Å². The topological polar surface area (TPSA) is 66.4 Å². The highest BCUT2D eigenvalue weighted by Gasteiger charge is 2.24. The van der Waals surface area contributed by atoms with Crippen LogP contribution in [0.3, 0.4) is 0 Å². The number of hydrogen-bond donors (Lipinski definition) is 2. The molecule has 5 heteroatoms. The third-order valence-corrected chi connectivity index (χ3v) is 1.79. The largest absolute Gasteiger partial charge is 0.480 e. The van der Waals surface area contributed by atoms with Crippen LogP contribution in [0, 0.1) is 5.92 Å². The van der Waals surface area contributed by atoms with Crippen LogP contribution in [-0.4, -0.2) is 28.4 Å². The summed E-state index contributed by atoms with van der Waals surface area (Å²) in [6.07, 6.45) is 0. The van der Waals surface area contributed by atoms with Crippen LogP contribution >= 0.6 is 11.6 Å². The first-order valence-corrected chi connectivity index (χ1v) is 4.47. The van der Waals surface area contributed by atoms with E-state index in [0.29, 0.717) is 0 Å². The van der Waals surface area contributed by atoms with Crippen LogP contribution in [0.25, 0.3) is 0 Å². The fourth-order valence-electron chi connectivity index (χ4n) is 0.782. The monoisotopic (exact) mass is 207 g/mol. The molecule has 0 spiro atoms. The van der Waals surface area contributed by atoms with Crippen LogP contribution in [0.4, 0.5) is 0 Å². The Morgan fingerprint density at radius 3 is 2.00 bits per heavy atom. The molecule has 0 fully saturated rings. The number of halogens is 1. The second kappa shape index (κ2) is 5.07. The first kappa shape index (κ1) is 12.2. The van der Waals surface area contributed by atoms with Crippen molar-refractivity contribution >= 4 is 23.5 Å². The molecule has 0 aromatic rings. The van der Waals surface area contributed by atoms with Gasteiger partial charge in [0, 0.05) is 0 Å². The number of carboxylic acid groups (broad SMARTS) is 1. The lowest BCUT2D eigenvalue weighted by Gasteiger charge is -2.18. The minimum atomic E-state index is -1.04. The fraction of sp³-hybridized carbons (Fsp3) is 0.750. The molecule has 0 aliphatic rings. The molecule has 0 aliphatic carbocycles. The molecule has 2 N–H and O–H groups in total. The highest BCUT2D eigenvalue weighted by molar-refractivity contribution is 6.30. The van der Waals surface area contributed by atoms with E-state index >= 15 is 0 Å². The predicted octanol–water partition coefficient (Wildman–Crippen LogP) is 0.839. The quantitative estimate of drug-likeness (QED) is 0.672. The Bertz CT molecular complexity index is 204. The Morgan fingerprint density at radius 2 is 1.77 bits per heavy atom. The van der Waals surface area contributed by atoms with Gasteiger partial charge in [-0.2, -0.15) is 0 Å². The lowest BCUT2D eigenvalue weighted by molar-refractivity contribution is -0.143. The Balaban J connectivity index is 4.27. The molecule has 0 aromatic heterocycles. The summed E-state index contributed by atoms with van der Waals surface area (Å²) in [5.74, 6) is -1.65. The van der Waals surface area contributed by atoms with Crippen LogP contribution in [0.15, 0.2) is 0 Å². The molecule has 76 valence electrons. The van der Waals surface area contributed by atoms with Crippen LogP contribution in [0.1, 0.15) is 20.8 Å². The summed E-state index contributed by atoms with van der Waals surface area (Å²) >= 11 is 5.48. The molecular weight excluding hydrogens is 194 g/mol. The van der Waals surface area contributed by atoms with Crippen molar-refractivity contribution in [3.05, 3.63) is 0 Å². The van der Waals surface area contributed by atoms with Crippen molar-refractivity contribution in [1.82, 2.24) is 5.32 Å². The predicted molar refractivity (Wildman–Crippen MR) is 49.7 cm³/mol. The number of hydrogen-bond acceptors (Lipinski definition) is 2. The molecule has 13 heavy (non-hydrogen) atoms. The zero-order valence-corrected chi connectivity index (χ0v) is 8.63. The van der Waals surface area contributed by atoms with Crippen molar-refractivity contribution in [2.45, 2.75) is 32.2 Å². The maximum Gasteiger partial charge on any atom is 0.326 e. The van der Waals surface area contributed by atoms with Crippen LogP contribution in [-0.2, 0) is 9.59 Å². The minimum Gasteiger partial charge on any atom is -0.480 e. The van der Waals surface area contributed by atoms with Gasteiger partial charge in [-0.05, 0) is 12.8 Å². The number of rotatable bonds is 4. The SMILES string of the molecule is CC(Cl)C(=O)NC(C(=O)O)C(C)C. The van der Waals surface area contributed by atoms with Gasteiger partial charge in [-0.15, -0.1) is 11.6 Å². The molecular formula is C8H14ClNO3. The summed E-state index contributed by atoms with van der Waals surface area (Å²) in [5.41, 5.74) is 0. The molecule has 0 saturated carbocycles. The number of alkyl halides is 1. The second-order valence-corrected chi connectivity index (χ2v) is 3.84. The van der Waals surface area contributed by atoms with Gasteiger partial charge in [0.1, 0.15) is 11.4 Å². The fourth-order valence-corrected chi connectivity index (χ4v) is 0.845. The highest BCUT2D eigenvalue weighted by Crippen LogP contribution is 2.03. The van der Waals surface area contributed by atoms with Gasteiger partial charge in [0.2, 0.25) is 5.91 Å². The first-order valence-electron chi connectivity index (χ1n) is 4.03. The molecule has 0 aromatic carbocycles. The molecule has 0 saturated heterocycles. The summed E-state index contributed by atoms with van der Waals surface area (Å²) < 4.78 is 0. The summed E-state index contributed by atoms with van der Waals surface area (Å²) in [6, 6.07) is -0.867. The highest BCUT2D eigenvalue weighted by atomic mass is 35.5. The molecule has 0 aliphatic heterocycles. The van der Waals surface area contributed by atoms with Gasteiger partial charge in [0.15, 0.2) is 0 Å². The summed E-state index contributed by atoms with van der Waals surface area (Å²) in [6.45, 7) is 4.94. The third kappa shape index (κ3) is 4.12. The van der Waals surface area contributed by atoms with Crippen molar-refractivity contribution in [3.63, 3.8) is 0 Å². The van der Waals surface area contributed by atoms with E-state index in [1.807, 2.05) is 0 Å². The molecule has 0 bridgehead atoms. The van der Waals surface area contributed by atoms with Gasteiger partial charge < -0.3 is 10.4 Å². The Morgan fingerprint density at radius 1 is 1.31 bits per heavy atom. The average Bonchev–Trinajstić information content (AvgIpc) is 1.97. The number of aliphatic carboxylic acids is 1. The molecule has 2 unspecified atom stereocenters. The summed E-state index contributed by atoms with van der Waals surface area (Å²) in [5, 5.41) is 10.4. The van der Waals surface area contributed by atoms with E-state index in [1.54, 1.807) is 13.8 Å². The first-order chi connectivity index (χ1) is 5.86. The Kier molecular flexibility index (Phi) is 4.77. The van der Waals surface area contributed by atoms with Gasteiger partial charge in [-0.25, -0.2) is 4.79 Å². The zero-order valence-electron chi connectivity index (χ0n) is 7.87. The van der Waals surface area contributed by atoms with Gasteiger partial charge in [-0.3, -0.25) is 4.79 Å². The minimum absolute atomic E-state index is 0.156.